The Balaban J connectivity index is 2.51. The molecule has 0 aromatic carbocycles. The molecular weight excluding hydrogens is 272 g/mol. The van der Waals surface area contributed by atoms with Gasteiger partial charge in [0.05, 0.1) is 18.1 Å². The van der Waals surface area contributed by atoms with Gasteiger partial charge in [-0.05, 0) is 18.8 Å². The van der Waals surface area contributed by atoms with E-state index in [-0.39, 0.29) is 24.5 Å². The first kappa shape index (κ1) is 17.8. The zero-order chi connectivity index (χ0) is 15.9. The van der Waals surface area contributed by atoms with E-state index in [4.69, 9.17) is 4.74 Å². The molecule has 3 N–H and O–H groups in total. The minimum Gasteiger partial charge on any atom is -0.481 e. The van der Waals surface area contributed by atoms with Gasteiger partial charge in [0.25, 0.3) is 0 Å². The predicted octanol–water partition coefficient (Wildman–Crippen LogP) is 1.99. The molecule has 0 bridgehead atoms. The first-order valence-corrected chi connectivity index (χ1v) is 7.68. The molecule has 1 unspecified atom stereocenters. The van der Waals surface area contributed by atoms with Crippen molar-refractivity contribution in [2.75, 3.05) is 20.3 Å². The molecule has 6 nitrogen and oxygen atoms in total. The number of carboxylic acids is 1. The van der Waals surface area contributed by atoms with Crippen LogP contribution >= 0.6 is 0 Å². The summed E-state index contributed by atoms with van der Waals surface area (Å²) in [5, 5.41) is 15.0. The molecule has 0 heterocycles. The highest BCUT2D eigenvalue weighted by molar-refractivity contribution is 5.78. The van der Waals surface area contributed by atoms with E-state index in [9.17, 15) is 14.7 Å². The lowest BCUT2D eigenvalue weighted by molar-refractivity contribution is -0.150. The number of methoxy groups -OCH3 is 1. The Labute approximate surface area is 126 Å². The van der Waals surface area contributed by atoms with Gasteiger partial charge >= 0.3 is 12.0 Å². The summed E-state index contributed by atoms with van der Waals surface area (Å²) < 4.78 is 5.08. The van der Waals surface area contributed by atoms with Crippen LogP contribution in [0.2, 0.25) is 0 Å². The van der Waals surface area contributed by atoms with E-state index < -0.39 is 11.4 Å². The molecule has 0 spiro atoms. The molecule has 1 saturated carbocycles. The van der Waals surface area contributed by atoms with E-state index in [0.717, 1.165) is 19.3 Å². The Kier molecular flexibility index (Phi) is 6.95. The number of ether oxygens (including phenoxy) is 1. The number of hydrogen-bond acceptors (Lipinski definition) is 3. The molecule has 122 valence electrons. The van der Waals surface area contributed by atoms with Crippen LogP contribution < -0.4 is 10.6 Å². The van der Waals surface area contributed by atoms with Gasteiger partial charge in [-0.25, -0.2) is 4.79 Å². The third-order valence-corrected chi connectivity index (χ3v) is 4.32. The van der Waals surface area contributed by atoms with Crippen molar-refractivity contribution < 1.29 is 19.4 Å². The van der Waals surface area contributed by atoms with Crippen molar-refractivity contribution in [1.29, 1.82) is 0 Å². The maximum Gasteiger partial charge on any atom is 0.315 e. The molecule has 1 aliphatic rings. The Bertz CT molecular complexity index is 352. The van der Waals surface area contributed by atoms with Gasteiger partial charge in [-0.1, -0.05) is 33.1 Å². The lowest BCUT2D eigenvalue weighted by atomic mass is 9.74. The highest BCUT2D eigenvalue weighted by Gasteiger charge is 2.39. The van der Waals surface area contributed by atoms with Gasteiger partial charge in [0.2, 0.25) is 0 Å². The SMILES string of the molecule is COCC(NC(=O)NCC1(C(=O)O)CCCCC1)C(C)C. The second-order valence-electron chi connectivity index (χ2n) is 6.28. The number of carboxylic acid groups (broad SMARTS) is 1. The standard InChI is InChI=1S/C15H28N2O4/c1-11(2)12(9-21-3)17-14(20)16-10-15(13(18)19)7-5-4-6-8-15/h11-12H,4-10H2,1-3H3,(H,18,19)(H2,16,17,20). The van der Waals surface area contributed by atoms with Crippen LogP contribution in [0.3, 0.4) is 0 Å². The van der Waals surface area contributed by atoms with Crippen LogP contribution in [0.1, 0.15) is 46.0 Å². The fourth-order valence-corrected chi connectivity index (χ4v) is 2.74. The molecule has 0 radical (unpaired) electrons. The molecule has 1 atom stereocenters. The number of hydrogen-bond donors (Lipinski definition) is 3. The van der Waals surface area contributed by atoms with Crippen molar-refractivity contribution in [2.24, 2.45) is 11.3 Å². The first-order valence-electron chi connectivity index (χ1n) is 7.68. The molecule has 2 amide bonds. The first-order chi connectivity index (χ1) is 9.91. The molecule has 1 rings (SSSR count). The number of aliphatic carboxylic acids is 1. The van der Waals surface area contributed by atoms with E-state index in [0.29, 0.717) is 19.4 Å². The maximum absolute atomic E-state index is 12.0. The molecular formula is C15H28N2O4. The van der Waals surface area contributed by atoms with Gasteiger partial charge in [-0.3, -0.25) is 4.79 Å². The summed E-state index contributed by atoms with van der Waals surface area (Å²) >= 11 is 0. The molecule has 0 aliphatic heterocycles. The zero-order valence-corrected chi connectivity index (χ0v) is 13.3. The Morgan fingerprint density at radius 1 is 1.24 bits per heavy atom. The second kappa shape index (κ2) is 8.22. The minimum absolute atomic E-state index is 0.0814. The van der Waals surface area contributed by atoms with E-state index in [2.05, 4.69) is 10.6 Å². The Morgan fingerprint density at radius 2 is 1.86 bits per heavy atom. The zero-order valence-electron chi connectivity index (χ0n) is 13.3. The summed E-state index contributed by atoms with van der Waals surface area (Å²) in [6, 6.07) is -0.404. The number of rotatable bonds is 7. The summed E-state index contributed by atoms with van der Waals surface area (Å²) in [5.74, 6) is -0.557. The molecule has 1 aliphatic carbocycles. The quantitative estimate of drug-likeness (QED) is 0.671. The number of urea groups is 1. The van der Waals surface area contributed by atoms with Crippen molar-refractivity contribution in [2.45, 2.75) is 52.0 Å². The largest absolute Gasteiger partial charge is 0.481 e. The van der Waals surface area contributed by atoms with E-state index >= 15 is 0 Å². The van der Waals surface area contributed by atoms with Gasteiger partial charge in [0, 0.05) is 13.7 Å². The number of carbonyl (C=O) groups is 2. The van der Waals surface area contributed by atoms with Crippen LogP contribution in [0, 0.1) is 11.3 Å². The monoisotopic (exact) mass is 300 g/mol. The van der Waals surface area contributed by atoms with Crippen molar-refractivity contribution in [3.63, 3.8) is 0 Å². The lowest BCUT2D eigenvalue weighted by Crippen LogP contribution is -2.51. The molecule has 1 fully saturated rings. The number of carbonyl (C=O) groups excluding carboxylic acids is 1. The third kappa shape index (κ3) is 5.19. The minimum atomic E-state index is -0.806. The molecule has 6 heteroatoms. The van der Waals surface area contributed by atoms with Crippen molar-refractivity contribution in [1.82, 2.24) is 10.6 Å². The topological polar surface area (TPSA) is 87.7 Å². The fourth-order valence-electron chi connectivity index (χ4n) is 2.74. The summed E-state index contributed by atoms with van der Waals surface area (Å²) in [4.78, 5) is 23.5. The summed E-state index contributed by atoms with van der Waals surface area (Å²) in [7, 11) is 1.59. The normalized spacial score (nSPS) is 19.0. The van der Waals surface area contributed by atoms with Gasteiger partial charge in [-0.15, -0.1) is 0 Å². The fraction of sp³-hybridized carbons (Fsp3) is 0.867. The number of nitrogens with one attached hydrogen (secondary N) is 2. The van der Waals surface area contributed by atoms with E-state index in [1.165, 1.54) is 0 Å². The van der Waals surface area contributed by atoms with Gasteiger partial charge in [-0.2, -0.15) is 0 Å². The third-order valence-electron chi connectivity index (χ3n) is 4.32. The van der Waals surface area contributed by atoms with E-state index in [1.807, 2.05) is 13.8 Å². The predicted molar refractivity (Wildman–Crippen MR) is 80.2 cm³/mol. The highest BCUT2D eigenvalue weighted by atomic mass is 16.5. The second-order valence-corrected chi connectivity index (χ2v) is 6.28. The Hall–Kier alpha value is -1.30. The van der Waals surface area contributed by atoms with Crippen LogP contribution in [-0.4, -0.2) is 43.4 Å². The summed E-state index contributed by atoms with van der Waals surface area (Å²) in [6.07, 6.45) is 4.16. The van der Waals surface area contributed by atoms with E-state index in [1.54, 1.807) is 7.11 Å². The van der Waals surface area contributed by atoms with Crippen LogP contribution in [0.15, 0.2) is 0 Å². The van der Waals surface area contributed by atoms with Gasteiger partial charge in [0.1, 0.15) is 0 Å². The molecule has 21 heavy (non-hydrogen) atoms. The van der Waals surface area contributed by atoms with Crippen LogP contribution in [-0.2, 0) is 9.53 Å². The summed E-state index contributed by atoms with van der Waals surface area (Å²) in [6.45, 7) is 4.63. The van der Waals surface area contributed by atoms with Crippen molar-refractivity contribution in [3.05, 3.63) is 0 Å². The highest BCUT2D eigenvalue weighted by Crippen LogP contribution is 2.35. The number of amides is 2. The molecule has 0 aromatic rings. The van der Waals surface area contributed by atoms with Crippen molar-refractivity contribution in [3.8, 4) is 0 Å². The average molecular weight is 300 g/mol. The maximum atomic E-state index is 12.0. The van der Waals surface area contributed by atoms with Crippen LogP contribution in [0.25, 0.3) is 0 Å². The Morgan fingerprint density at radius 3 is 2.33 bits per heavy atom. The van der Waals surface area contributed by atoms with Crippen LogP contribution in [0.4, 0.5) is 4.79 Å². The smallest absolute Gasteiger partial charge is 0.315 e. The van der Waals surface area contributed by atoms with Gasteiger partial charge in [0.15, 0.2) is 0 Å². The molecule has 0 aromatic heterocycles. The summed E-state index contributed by atoms with van der Waals surface area (Å²) in [5.41, 5.74) is -0.801. The molecule has 0 saturated heterocycles. The average Bonchev–Trinajstić information content (AvgIpc) is 2.45. The van der Waals surface area contributed by atoms with Gasteiger partial charge < -0.3 is 20.5 Å². The van der Waals surface area contributed by atoms with Crippen molar-refractivity contribution >= 4 is 12.0 Å². The lowest BCUT2D eigenvalue weighted by Gasteiger charge is -2.33. The van der Waals surface area contributed by atoms with Crippen LogP contribution in [0.5, 0.6) is 0 Å².